The fraction of sp³-hybridized carbons (Fsp3) is 0.0769. The van der Waals surface area contributed by atoms with Gasteiger partial charge in [-0.05, 0) is 24.3 Å². The Morgan fingerprint density at radius 2 is 2.11 bits per heavy atom. The molecule has 2 aromatic heterocycles. The number of aromatic carboxylic acids is 1. The predicted molar refractivity (Wildman–Crippen MR) is 67.5 cm³/mol. The number of hydrogen-bond donors (Lipinski definition) is 2. The van der Waals surface area contributed by atoms with Crippen molar-refractivity contribution in [1.29, 1.82) is 5.26 Å². The second-order valence-corrected chi connectivity index (χ2v) is 3.74. The highest BCUT2D eigenvalue weighted by Crippen LogP contribution is 2.08. The van der Waals surface area contributed by atoms with Crippen LogP contribution in [0.15, 0.2) is 36.7 Å². The molecule has 0 atom stereocenters. The van der Waals surface area contributed by atoms with E-state index in [4.69, 9.17) is 10.4 Å². The number of aromatic nitrogens is 2. The zero-order chi connectivity index (χ0) is 13.7. The van der Waals surface area contributed by atoms with Crippen molar-refractivity contribution < 1.29 is 9.90 Å². The average Bonchev–Trinajstić information content (AvgIpc) is 2.45. The number of anilines is 1. The lowest BCUT2D eigenvalue weighted by Crippen LogP contribution is -2.05. The number of pyridine rings is 2. The molecular formula is C13H10N4O2. The first-order valence-corrected chi connectivity index (χ1v) is 5.47. The molecule has 6 heteroatoms. The van der Waals surface area contributed by atoms with Crippen LogP contribution in [0.5, 0.6) is 0 Å². The van der Waals surface area contributed by atoms with Crippen molar-refractivity contribution in [2.45, 2.75) is 6.54 Å². The largest absolute Gasteiger partial charge is 0.478 e. The van der Waals surface area contributed by atoms with Crippen LogP contribution in [0.2, 0.25) is 0 Å². The highest BCUT2D eigenvalue weighted by Gasteiger charge is 2.04. The van der Waals surface area contributed by atoms with E-state index in [1.807, 2.05) is 6.07 Å². The Morgan fingerprint density at radius 1 is 1.32 bits per heavy atom. The molecule has 0 radical (unpaired) electrons. The Morgan fingerprint density at radius 3 is 2.84 bits per heavy atom. The van der Waals surface area contributed by atoms with Gasteiger partial charge in [-0.3, -0.25) is 4.98 Å². The minimum Gasteiger partial charge on any atom is -0.478 e. The number of carbonyl (C=O) groups is 1. The fourth-order valence-corrected chi connectivity index (χ4v) is 1.49. The molecule has 6 nitrogen and oxygen atoms in total. The van der Waals surface area contributed by atoms with E-state index in [1.54, 1.807) is 12.1 Å². The molecule has 0 unspecified atom stereocenters. The highest BCUT2D eigenvalue weighted by atomic mass is 16.4. The Bertz CT molecular complexity index is 649. The number of hydrogen-bond acceptors (Lipinski definition) is 5. The van der Waals surface area contributed by atoms with Gasteiger partial charge < -0.3 is 10.4 Å². The standard InChI is InChI=1S/C13H10N4O2/c14-7-9-1-3-16-12(5-9)17-8-11-6-10(13(18)19)2-4-15-11/h1-6H,8H2,(H,16,17)(H,18,19). The molecule has 0 amide bonds. The highest BCUT2D eigenvalue weighted by molar-refractivity contribution is 5.87. The summed E-state index contributed by atoms with van der Waals surface area (Å²) in [6, 6.07) is 8.15. The minimum atomic E-state index is -0.992. The monoisotopic (exact) mass is 254 g/mol. The third-order valence-electron chi connectivity index (χ3n) is 2.40. The summed E-state index contributed by atoms with van der Waals surface area (Å²) in [7, 11) is 0. The van der Waals surface area contributed by atoms with Crippen LogP contribution in [0.4, 0.5) is 5.82 Å². The average molecular weight is 254 g/mol. The summed E-state index contributed by atoms with van der Waals surface area (Å²) in [6.45, 7) is 0.336. The smallest absolute Gasteiger partial charge is 0.335 e. The van der Waals surface area contributed by atoms with Gasteiger partial charge in [-0.1, -0.05) is 0 Å². The van der Waals surface area contributed by atoms with Crippen molar-refractivity contribution in [2.24, 2.45) is 0 Å². The molecule has 19 heavy (non-hydrogen) atoms. The van der Waals surface area contributed by atoms with Gasteiger partial charge in [0.2, 0.25) is 0 Å². The number of carboxylic acids is 1. The lowest BCUT2D eigenvalue weighted by molar-refractivity contribution is 0.0696. The van der Waals surface area contributed by atoms with Crippen LogP contribution in [0.25, 0.3) is 0 Å². The van der Waals surface area contributed by atoms with E-state index in [-0.39, 0.29) is 5.56 Å². The van der Waals surface area contributed by atoms with E-state index in [2.05, 4.69) is 15.3 Å². The summed E-state index contributed by atoms with van der Waals surface area (Å²) in [6.07, 6.45) is 2.97. The van der Waals surface area contributed by atoms with Gasteiger partial charge in [0.05, 0.1) is 29.4 Å². The molecule has 0 aliphatic heterocycles. The van der Waals surface area contributed by atoms with Crippen LogP contribution >= 0.6 is 0 Å². The van der Waals surface area contributed by atoms with Crippen LogP contribution in [-0.4, -0.2) is 21.0 Å². The molecule has 0 saturated heterocycles. The summed E-state index contributed by atoms with van der Waals surface area (Å²) in [5, 5.41) is 20.6. The van der Waals surface area contributed by atoms with Crippen LogP contribution < -0.4 is 5.32 Å². The van der Waals surface area contributed by atoms with Crippen LogP contribution in [0.1, 0.15) is 21.6 Å². The number of nitriles is 1. The Balaban J connectivity index is 2.08. The van der Waals surface area contributed by atoms with Crippen molar-refractivity contribution >= 4 is 11.8 Å². The summed E-state index contributed by atoms with van der Waals surface area (Å²) in [4.78, 5) is 18.9. The van der Waals surface area contributed by atoms with Crippen LogP contribution in [0.3, 0.4) is 0 Å². The second kappa shape index (κ2) is 5.60. The third-order valence-corrected chi connectivity index (χ3v) is 2.40. The molecule has 0 aliphatic rings. The number of nitrogens with one attached hydrogen (secondary N) is 1. The van der Waals surface area contributed by atoms with Crippen molar-refractivity contribution in [1.82, 2.24) is 9.97 Å². The van der Waals surface area contributed by atoms with Gasteiger partial charge in [0.1, 0.15) is 5.82 Å². The quantitative estimate of drug-likeness (QED) is 0.860. The first-order valence-electron chi connectivity index (χ1n) is 5.47. The normalized spacial score (nSPS) is 9.63. The molecule has 94 valence electrons. The summed E-state index contributed by atoms with van der Waals surface area (Å²) in [5.41, 5.74) is 1.28. The molecule has 0 fully saturated rings. The second-order valence-electron chi connectivity index (χ2n) is 3.74. The van der Waals surface area contributed by atoms with E-state index >= 15 is 0 Å². The van der Waals surface area contributed by atoms with Gasteiger partial charge in [-0.2, -0.15) is 5.26 Å². The molecule has 0 aliphatic carbocycles. The lowest BCUT2D eigenvalue weighted by Gasteiger charge is -2.05. The zero-order valence-corrected chi connectivity index (χ0v) is 9.87. The predicted octanol–water partition coefficient (Wildman–Crippen LogP) is 1.66. The Kier molecular flexibility index (Phi) is 3.69. The van der Waals surface area contributed by atoms with E-state index in [0.717, 1.165) is 0 Å². The van der Waals surface area contributed by atoms with E-state index in [9.17, 15) is 4.79 Å². The maximum absolute atomic E-state index is 10.8. The van der Waals surface area contributed by atoms with Gasteiger partial charge in [-0.15, -0.1) is 0 Å². The molecular weight excluding hydrogens is 244 g/mol. The van der Waals surface area contributed by atoms with Crippen LogP contribution in [0, 0.1) is 11.3 Å². The SMILES string of the molecule is N#Cc1ccnc(NCc2cc(C(=O)O)ccn2)c1. The lowest BCUT2D eigenvalue weighted by atomic mass is 10.2. The molecule has 2 heterocycles. The number of nitrogens with zero attached hydrogens (tertiary/aromatic N) is 3. The molecule has 0 saturated carbocycles. The van der Waals surface area contributed by atoms with Gasteiger partial charge in [0.15, 0.2) is 0 Å². The van der Waals surface area contributed by atoms with Gasteiger partial charge in [0.25, 0.3) is 0 Å². The Hall–Kier alpha value is -2.94. The molecule has 0 aromatic carbocycles. The van der Waals surface area contributed by atoms with Crippen molar-refractivity contribution in [3.63, 3.8) is 0 Å². The molecule has 0 bridgehead atoms. The number of rotatable bonds is 4. The van der Waals surface area contributed by atoms with Crippen molar-refractivity contribution in [3.05, 3.63) is 53.5 Å². The van der Waals surface area contributed by atoms with Gasteiger partial charge >= 0.3 is 5.97 Å². The summed E-state index contributed by atoms with van der Waals surface area (Å²) in [5.74, 6) is -0.449. The third kappa shape index (κ3) is 3.26. The molecule has 2 aromatic rings. The van der Waals surface area contributed by atoms with E-state index in [1.165, 1.54) is 24.5 Å². The molecule has 0 spiro atoms. The molecule has 2 N–H and O–H groups in total. The van der Waals surface area contributed by atoms with E-state index in [0.29, 0.717) is 23.6 Å². The van der Waals surface area contributed by atoms with Crippen molar-refractivity contribution in [3.8, 4) is 6.07 Å². The molecule has 2 rings (SSSR count). The summed E-state index contributed by atoms with van der Waals surface area (Å²) >= 11 is 0. The maximum atomic E-state index is 10.8. The maximum Gasteiger partial charge on any atom is 0.335 e. The van der Waals surface area contributed by atoms with Crippen molar-refractivity contribution in [2.75, 3.05) is 5.32 Å². The minimum absolute atomic E-state index is 0.186. The zero-order valence-electron chi connectivity index (χ0n) is 9.87. The first kappa shape index (κ1) is 12.5. The van der Waals surface area contributed by atoms with E-state index < -0.39 is 5.97 Å². The topological polar surface area (TPSA) is 98.9 Å². The Labute approximate surface area is 109 Å². The van der Waals surface area contributed by atoms with Gasteiger partial charge in [-0.25, -0.2) is 9.78 Å². The number of carboxylic acid groups (broad SMARTS) is 1. The summed E-state index contributed by atoms with van der Waals surface area (Å²) < 4.78 is 0. The van der Waals surface area contributed by atoms with Gasteiger partial charge in [0, 0.05) is 12.4 Å². The fourth-order valence-electron chi connectivity index (χ4n) is 1.49. The van der Waals surface area contributed by atoms with Crippen LogP contribution in [-0.2, 0) is 6.54 Å². The first-order chi connectivity index (χ1) is 9.19.